The van der Waals surface area contributed by atoms with Gasteiger partial charge >= 0.3 is 5.82 Å². The molecule has 1 aliphatic carbocycles. The van der Waals surface area contributed by atoms with Crippen LogP contribution >= 0.6 is 0 Å². The molecular weight excluding hydrogens is 388 g/mol. The Morgan fingerprint density at radius 1 is 1.27 bits per heavy atom. The third-order valence-corrected chi connectivity index (χ3v) is 6.67. The summed E-state index contributed by atoms with van der Waals surface area (Å²) in [6.45, 7) is 3.72. The molecule has 2 aliphatic heterocycles. The highest BCUT2D eigenvalue weighted by Crippen LogP contribution is 2.51. The third-order valence-electron chi connectivity index (χ3n) is 6.67. The van der Waals surface area contributed by atoms with Gasteiger partial charge in [-0.25, -0.2) is 0 Å². The van der Waals surface area contributed by atoms with E-state index >= 15 is 0 Å². The van der Waals surface area contributed by atoms with E-state index in [-0.39, 0.29) is 29.7 Å². The van der Waals surface area contributed by atoms with Crippen molar-refractivity contribution in [3.63, 3.8) is 0 Å². The maximum absolute atomic E-state index is 13.2. The molecule has 1 atom stereocenters. The van der Waals surface area contributed by atoms with Crippen molar-refractivity contribution >= 4 is 11.7 Å². The predicted molar refractivity (Wildman–Crippen MR) is 107 cm³/mol. The number of hydrogen-bond donors (Lipinski definition) is 0. The van der Waals surface area contributed by atoms with Crippen LogP contribution in [0, 0.1) is 10.1 Å². The van der Waals surface area contributed by atoms with E-state index in [9.17, 15) is 14.9 Å². The maximum atomic E-state index is 13.2. The predicted octanol–water partition coefficient (Wildman–Crippen LogP) is 2.98. The number of hydrogen-bond acceptors (Lipinski definition) is 6. The van der Waals surface area contributed by atoms with Crippen LogP contribution in [-0.4, -0.2) is 45.3 Å². The monoisotopic (exact) mass is 412 g/mol. The zero-order chi connectivity index (χ0) is 20.9. The normalized spacial score (nSPS) is 21.5. The topological polar surface area (TPSA) is 99.7 Å². The smallest absolute Gasteiger partial charge is 0.389 e. The van der Waals surface area contributed by atoms with Gasteiger partial charge in [-0.1, -0.05) is 12.8 Å². The Morgan fingerprint density at radius 2 is 1.97 bits per heavy atom. The first-order chi connectivity index (χ1) is 14.5. The average molecular weight is 412 g/mol. The van der Waals surface area contributed by atoms with Gasteiger partial charge < -0.3 is 24.5 Å². The lowest BCUT2D eigenvalue weighted by molar-refractivity contribution is -0.389. The molecular formula is C21H24N4O5. The van der Waals surface area contributed by atoms with Crippen LogP contribution < -0.4 is 9.47 Å². The first-order valence-corrected chi connectivity index (χ1v) is 10.4. The summed E-state index contributed by atoms with van der Waals surface area (Å²) in [6.07, 6.45) is 5.81. The second-order valence-corrected chi connectivity index (χ2v) is 8.40. The number of nitro groups is 1. The number of nitrogens with zero attached hydrogens (tertiary/aromatic N) is 4. The summed E-state index contributed by atoms with van der Waals surface area (Å²) < 4.78 is 13.0. The van der Waals surface area contributed by atoms with Crippen LogP contribution in [0.2, 0.25) is 0 Å². The molecule has 1 spiro atoms. The summed E-state index contributed by atoms with van der Waals surface area (Å²) in [5.41, 5.74) is 2.30. The van der Waals surface area contributed by atoms with E-state index in [1.165, 1.54) is 22.5 Å². The molecule has 158 valence electrons. The molecule has 30 heavy (non-hydrogen) atoms. The summed E-state index contributed by atoms with van der Waals surface area (Å²) >= 11 is 0. The van der Waals surface area contributed by atoms with Crippen LogP contribution in [0.1, 0.15) is 49.8 Å². The van der Waals surface area contributed by atoms with Crippen molar-refractivity contribution in [1.29, 1.82) is 0 Å². The fraction of sp³-hybridized carbons (Fsp3) is 0.524. The van der Waals surface area contributed by atoms with E-state index in [1.54, 1.807) is 0 Å². The Hall–Kier alpha value is -3.10. The minimum absolute atomic E-state index is 0.0197. The zero-order valence-corrected chi connectivity index (χ0v) is 16.9. The molecule has 9 heteroatoms. The number of carbonyl (C=O) groups is 1. The maximum Gasteiger partial charge on any atom is 0.389 e. The lowest BCUT2D eigenvalue weighted by Crippen LogP contribution is -2.49. The van der Waals surface area contributed by atoms with Gasteiger partial charge in [-0.2, -0.15) is 4.68 Å². The second-order valence-electron chi connectivity index (χ2n) is 8.40. The van der Waals surface area contributed by atoms with E-state index in [4.69, 9.17) is 9.47 Å². The van der Waals surface area contributed by atoms with Crippen LogP contribution in [0.5, 0.6) is 11.5 Å². The van der Waals surface area contributed by atoms with Gasteiger partial charge in [0.25, 0.3) is 0 Å². The summed E-state index contributed by atoms with van der Waals surface area (Å²) in [7, 11) is 0. The molecule has 1 amide bonds. The van der Waals surface area contributed by atoms with Crippen molar-refractivity contribution in [3.05, 3.63) is 45.6 Å². The van der Waals surface area contributed by atoms with E-state index in [2.05, 4.69) is 11.2 Å². The molecule has 1 aromatic heterocycles. The first-order valence-electron chi connectivity index (χ1n) is 10.4. The Bertz CT molecular complexity index is 1010. The molecule has 3 heterocycles. The molecule has 0 saturated heterocycles. The summed E-state index contributed by atoms with van der Waals surface area (Å²) in [6, 6.07) is 5.35. The van der Waals surface area contributed by atoms with Crippen LogP contribution in [0.3, 0.4) is 0 Å². The van der Waals surface area contributed by atoms with E-state index < -0.39 is 4.92 Å². The highest BCUT2D eigenvalue weighted by atomic mass is 16.6. The quantitative estimate of drug-likeness (QED) is 0.568. The van der Waals surface area contributed by atoms with Gasteiger partial charge in [0.1, 0.15) is 19.8 Å². The van der Waals surface area contributed by atoms with Gasteiger partial charge in [0.05, 0.1) is 23.4 Å². The number of rotatable bonds is 3. The van der Waals surface area contributed by atoms with Gasteiger partial charge in [-0.3, -0.25) is 4.79 Å². The Kier molecular flexibility index (Phi) is 4.41. The molecule has 0 N–H and O–H groups in total. The summed E-state index contributed by atoms with van der Waals surface area (Å²) in [5, 5.41) is 14.8. The number of benzene rings is 1. The van der Waals surface area contributed by atoms with Crippen molar-refractivity contribution < 1.29 is 19.2 Å². The Morgan fingerprint density at radius 3 is 2.63 bits per heavy atom. The van der Waals surface area contributed by atoms with E-state index in [1.807, 2.05) is 17.9 Å². The number of aromatic nitrogens is 2. The fourth-order valence-electron chi connectivity index (χ4n) is 5.17. The van der Waals surface area contributed by atoms with Crippen LogP contribution in [0.4, 0.5) is 5.82 Å². The highest BCUT2D eigenvalue weighted by Gasteiger charge is 2.46. The lowest BCUT2D eigenvalue weighted by Gasteiger charge is -2.46. The van der Waals surface area contributed by atoms with Gasteiger partial charge in [0.2, 0.25) is 5.91 Å². The van der Waals surface area contributed by atoms with Crippen molar-refractivity contribution in [1.82, 2.24) is 14.7 Å². The highest BCUT2D eigenvalue weighted by molar-refractivity contribution is 5.77. The molecule has 5 rings (SSSR count). The molecule has 9 nitrogen and oxygen atoms in total. The van der Waals surface area contributed by atoms with Crippen LogP contribution in [0.15, 0.2) is 24.4 Å². The molecule has 1 fully saturated rings. The summed E-state index contributed by atoms with van der Waals surface area (Å²) in [5.74, 6) is 1.18. The Balaban J connectivity index is 1.48. The first kappa shape index (κ1) is 18.9. The van der Waals surface area contributed by atoms with Crippen molar-refractivity contribution in [3.8, 4) is 11.5 Å². The zero-order valence-electron chi connectivity index (χ0n) is 16.9. The molecule has 2 aromatic rings. The van der Waals surface area contributed by atoms with Gasteiger partial charge in [-0.15, -0.1) is 0 Å². The standard InChI is InChI=1S/C21H24N4O5/c1-14-15-10-17-18(30-9-8-29-17)11-16(15)21(5-2-3-6-21)13-24(14)20(26)12-23-7-4-19(22-23)25(27)28/h4,7,10-11,14H,2-3,5-6,8-9,12-13H2,1H3. The summed E-state index contributed by atoms with van der Waals surface area (Å²) in [4.78, 5) is 25.5. The number of amides is 1. The molecule has 1 unspecified atom stereocenters. The third kappa shape index (κ3) is 3.00. The second kappa shape index (κ2) is 7.00. The fourth-order valence-corrected chi connectivity index (χ4v) is 5.17. The minimum Gasteiger partial charge on any atom is -0.486 e. The van der Waals surface area contributed by atoms with Gasteiger partial charge in [0, 0.05) is 12.0 Å². The lowest BCUT2D eigenvalue weighted by atomic mass is 9.71. The van der Waals surface area contributed by atoms with E-state index in [0.29, 0.717) is 19.8 Å². The van der Waals surface area contributed by atoms with Crippen molar-refractivity contribution in [2.75, 3.05) is 19.8 Å². The molecule has 3 aliphatic rings. The minimum atomic E-state index is -0.556. The number of ether oxygens (including phenoxy) is 2. The van der Waals surface area contributed by atoms with Crippen LogP contribution in [0.25, 0.3) is 0 Å². The van der Waals surface area contributed by atoms with Crippen LogP contribution in [-0.2, 0) is 16.8 Å². The van der Waals surface area contributed by atoms with Gasteiger partial charge in [-0.05, 0) is 47.9 Å². The average Bonchev–Trinajstić information content (AvgIpc) is 3.40. The number of carbonyl (C=O) groups excluding carboxylic acids is 1. The van der Waals surface area contributed by atoms with Crippen molar-refractivity contribution in [2.24, 2.45) is 0 Å². The van der Waals surface area contributed by atoms with Crippen molar-refractivity contribution in [2.45, 2.75) is 50.6 Å². The Labute approximate surface area is 173 Å². The number of fused-ring (bicyclic) bond motifs is 3. The molecule has 1 saturated carbocycles. The van der Waals surface area contributed by atoms with Gasteiger partial charge in [0.15, 0.2) is 11.5 Å². The SMILES string of the molecule is CC1c2cc3c(cc2C2(CCCC2)CN1C(=O)Cn1ccc([N+](=O)[O-])n1)OCCO3. The molecule has 1 aromatic carbocycles. The molecule has 0 radical (unpaired) electrons. The molecule has 0 bridgehead atoms. The van der Waals surface area contributed by atoms with E-state index in [0.717, 1.165) is 42.7 Å². The largest absolute Gasteiger partial charge is 0.486 e.